The lowest BCUT2D eigenvalue weighted by Gasteiger charge is -1.96. The molecule has 0 fully saturated rings. The number of hydrogen-bond acceptors (Lipinski definition) is 2. The van der Waals surface area contributed by atoms with Crippen molar-refractivity contribution in [3.63, 3.8) is 0 Å². The van der Waals surface area contributed by atoms with Crippen molar-refractivity contribution in [2.24, 2.45) is 0 Å². The molecule has 0 aliphatic heterocycles. The van der Waals surface area contributed by atoms with Gasteiger partial charge in [-0.3, -0.25) is 4.79 Å². The second-order valence-corrected chi connectivity index (χ2v) is 4.63. The van der Waals surface area contributed by atoms with Gasteiger partial charge in [-0.2, -0.15) is 0 Å². The van der Waals surface area contributed by atoms with E-state index in [4.69, 9.17) is 4.42 Å². The molecular weight excluding hydrogens is 347 g/mol. The zero-order valence-electron chi connectivity index (χ0n) is 6.38. The number of rotatable bonds is 0. The molecule has 0 radical (unpaired) electrons. The Morgan fingerprint density at radius 1 is 1.38 bits per heavy atom. The standard InChI is InChI=1S/C9H4BrIO2/c10-5-1-2-8-6(3-5)9(12)7(11)4-13-8/h1-4H. The Hall–Kier alpha value is -0.360. The Bertz CT molecular complexity index is 513. The van der Waals surface area contributed by atoms with Gasteiger partial charge in [-0.25, -0.2) is 0 Å². The predicted octanol–water partition coefficient (Wildman–Crippen LogP) is 3.16. The highest BCUT2D eigenvalue weighted by Gasteiger charge is 2.03. The molecule has 66 valence electrons. The minimum absolute atomic E-state index is 0.0168. The van der Waals surface area contributed by atoms with E-state index in [9.17, 15) is 4.79 Å². The molecule has 0 saturated carbocycles. The highest BCUT2D eigenvalue weighted by molar-refractivity contribution is 14.1. The Kier molecular flexibility index (Phi) is 2.42. The van der Waals surface area contributed by atoms with Gasteiger partial charge in [0.2, 0.25) is 5.43 Å². The van der Waals surface area contributed by atoms with Crippen LogP contribution in [0.15, 0.2) is 38.1 Å². The quantitative estimate of drug-likeness (QED) is 0.683. The maximum Gasteiger partial charge on any atom is 0.206 e. The first-order valence-electron chi connectivity index (χ1n) is 3.55. The Balaban J connectivity index is 2.97. The molecule has 1 aromatic heterocycles. The average Bonchev–Trinajstić information content (AvgIpc) is 2.12. The first kappa shape index (κ1) is 9.21. The van der Waals surface area contributed by atoms with Gasteiger partial charge in [-0.1, -0.05) is 15.9 Å². The molecule has 4 heteroatoms. The Morgan fingerprint density at radius 3 is 2.92 bits per heavy atom. The van der Waals surface area contributed by atoms with Gasteiger partial charge in [0.05, 0.1) is 8.96 Å². The van der Waals surface area contributed by atoms with Crippen molar-refractivity contribution in [1.82, 2.24) is 0 Å². The molecule has 13 heavy (non-hydrogen) atoms. The summed E-state index contributed by atoms with van der Waals surface area (Å²) in [5, 5.41) is 0.612. The predicted molar refractivity (Wildman–Crippen MR) is 62.9 cm³/mol. The molecule has 0 atom stereocenters. The summed E-state index contributed by atoms with van der Waals surface area (Å²) in [5.74, 6) is 0. The minimum Gasteiger partial charge on any atom is -0.463 e. The van der Waals surface area contributed by atoms with E-state index in [1.807, 2.05) is 28.7 Å². The molecule has 0 bridgehead atoms. The van der Waals surface area contributed by atoms with E-state index in [1.165, 1.54) is 6.26 Å². The van der Waals surface area contributed by atoms with Crippen LogP contribution in [0.5, 0.6) is 0 Å². The van der Waals surface area contributed by atoms with Crippen molar-refractivity contribution in [1.29, 1.82) is 0 Å². The summed E-state index contributed by atoms with van der Waals surface area (Å²) in [6.45, 7) is 0. The Labute approximate surface area is 96.2 Å². The minimum atomic E-state index is 0.0168. The second kappa shape index (κ2) is 3.42. The first-order chi connectivity index (χ1) is 6.18. The summed E-state index contributed by atoms with van der Waals surface area (Å²) in [6, 6.07) is 5.39. The van der Waals surface area contributed by atoms with Gasteiger partial charge in [-0.05, 0) is 40.8 Å². The molecule has 2 aromatic rings. The van der Waals surface area contributed by atoms with E-state index < -0.39 is 0 Å². The first-order valence-corrected chi connectivity index (χ1v) is 5.42. The highest BCUT2D eigenvalue weighted by atomic mass is 127. The number of halogens is 2. The summed E-state index contributed by atoms with van der Waals surface area (Å²) in [7, 11) is 0. The van der Waals surface area contributed by atoms with Crippen LogP contribution < -0.4 is 5.43 Å². The largest absolute Gasteiger partial charge is 0.463 e. The van der Waals surface area contributed by atoms with Gasteiger partial charge >= 0.3 is 0 Å². The van der Waals surface area contributed by atoms with Crippen molar-refractivity contribution in [3.8, 4) is 0 Å². The average molecular weight is 351 g/mol. The topological polar surface area (TPSA) is 30.2 Å². The molecule has 0 aliphatic rings. The smallest absolute Gasteiger partial charge is 0.206 e. The molecule has 0 aliphatic carbocycles. The van der Waals surface area contributed by atoms with Crippen LogP contribution >= 0.6 is 38.5 Å². The van der Waals surface area contributed by atoms with Crippen molar-refractivity contribution in [2.45, 2.75) is 0 Å². The lowest BCUT2D eigenvalue weighted by Crippen LogP contribution is -2.04. The summed E-state index contributed by atoms with van der Waals surface area (Å²) < 4.78 is 6.73. The molecule has 2 nitrogen and oxygen atoms in total. The number of benzene rings is 1. The summed E-state index contributed by atoms with van der Waals surface area (Å²) >= 11 is 5.27. The lowest BCUT2D eigenvalue weighted by atomic mass is 10.2. The van der Waals surface area contributed by atoms with Crippen LogP contribution in [0.3, 0.4) is 0 Å². The third kappa shape index (κ3) is 1.65. The third-order valence-corrected chi connectivity index (χ3v) is 2.93. The molecule has 1 aromatic carbocycles. The van der Waals surface area contributed by atoms with Crippen LogP contribution in [0.25, 0.3) is 11.0 Å². The van der Waals surface area contributed by atoms with Crippen molar-refractivity contribution in [2.75, 3.05) is 0 Å². The fraction of sp³-hybridized carbons (Fsp3) is 0. The SMILES string of the molecule is O=c1c(I)coc2ccc(Br)cc12. The van der Waals surface area contributed by atoms with Crippen molar-refractivity contribution >= 4 is 49.5 Å². The number of hydrogen-bond donors (Lipinski definition) is 0. The normalized spacial score (nSPS) is 10.6. The molecule has 0 N–H and O–H groups in total. The van der Waals surface area contributed by atoms with Gasteiger partial charge in [0.15, 0.2) is 0 Å². The van der Waals surface area contributed by atoms with E-state index in [-0.39, 0.29) is 5.43 Å². The zero-order chi connectivity index (χ0) is 9.42. The van der Waals surface area contributed by atoms with Crippen LogP contribution in [-0.2, 0) is 0 Å². The van der Waals surface area contributed by atoms with Crippen LogP contribution in [0.2, 0.25) is 0 Å². The Morgan fingerprint density at radius 2 is 2.15 bits per heavy atom. The third-order valence-electron chi connectivity index (χ3n) is 1.69. The van der Waals surface area contributed by atoms with Gasteiger partial charge in [0, 0.05) is 4.47 Å². The van der Waals surface area contributed by atoms with Crippen LogP contribution in [-0.4, -0.2) is 0 Å². The van der Waals surface area contributed by atoms with Gasteiger partial charge < -0.3 is 4.42 Å². The molecule has 0 spiro atoms. The van der Waals surface area contributed by atoms with Crippen molar-refractivity contribution < 1.29 is 4.42 Å². The number of fused-ring (bicyclic) bond motifs is 1. The summed E-state index contributed by atoms with van der Waals surface area (Å²) in [6.07, 6.45) is 1.47. The van der Waals surface area contributed by atoms with Crippen LogP contribution in [0.4, 0.5) is 0 Å². The summed E-state index contributed by atoms with van der Waals surface area (Å²) in [4.78, 5) is 11.6. The van der Waals surface area contributed by atoms with Gasteiger partial charge in [-0.15, -0.1) is 0 Å². The molecular formula is C9H4BrIO2. The molecule has 2 rings (SSSR count). The zero-order valence-corrected chi connectivity index (χ0v) is 10.1. The van der Waals surface area contributed by atoms with E-state index in [0.717, 1.165) is 4.47 Å². The molecule has 1 heterocycles. The second-order valence-electron chi connectivity index (χ2n) is 2.55. The van der Waals surface area contributed by atoms with Crippen LogP contribution in [0, 0.1) is 3.57 Å². The fourth-order valence-corrected chi connectivity index (χ4v) is 1.86. The maximum atomic E-state index is 11.6. The van der Waals surface area contributed by atoms with Gasteiger partial charge in [0.25, 0.3) is 0 Å². The van der Waals surface area contributed by atoms with E-state index in [2.05, 4.69) is 15.9 Å². The molecule has 0 saturated heterocycles. The molecule has 0 unspecified atom stereocenters. The summed E-state index contributed by atoms with van der Waals surface area (Å²) in [5.41, 5.74) is 0.636. The van der Waals surface area contributed by atoms with Gasteiger partial charge in [0.1, 0.15) is 11.8 Å². The van der Waals surface area contributed by atoms with Crippen LogP contribution in [0.1, 0.15) is 0 Å². The lowest BCUT2D eigenvalue weighted by molar-refractivity contribution is 0.598. The monoisotopic (exact) mass is 350 g/mol. The van der Waals surface area contributed by atoms with E-state index in [1.54, 1.807) is 12.1 Å². The van der Waals surface area contributed by atoms with E-state index >= 15 is 0 Å². The van der Waals surface area contributed by atoms with Crippen molar-refractivity contribution in [3.05, 3.63) is 42.7 Å². The highest BCUT2D eigenvalue weighted by Crippen LogP contribution is 2.17. The fourth-order valence-electron chi connectivity index (χ4n) is 1.08. The molecule has 0 amide bonds. The van der Waals surface area contributed by atoms with E-state index in [0.29, 0.717) is 14.5 Å². The maximum absolute atomic E-state index is 11.6.